The highest BCUT2D eigenvalue weighted by atomic mass is 32.1. The third-order valence-corrected chi connectivity index (χ3v) is 5.40. The van der Waals surface area contributed by atoms with Gasteiger partial charge in [0, 0.05) is 36.4 Å². The maximum atomic E-state index is 12.2. The summed E-state index contributed by atoms with van der Waals surface area (Å²) in [7, 11) is 0. The predicted molar refractivity (Wildman–Crippen MR) is 106 cm³/mol. The highest BCUT2D eigenvalue weighted by Crippen LogP contribution is 2.21. The summed E-state index contributed by atoms with van der Waals surface area (Å²) in [4.78, 5) is 29.5. The summed E-state index contributed by atoms with van der Waals surface area (Å²) in [6, 6.07) is 1.73. The van der Waals surface area contributed by atoms with E-state index in [0.717, 1.165) is 23.8 Å². The maximum Gasteiger partial charge on any atom is 0.246 e. The monoisotopic (exact) mass is 419 g/mol. The second-order valence-electron chi connectivity index (χ2n) is 6.68. The van der Waals surface area contributed by atoms with Gasteiger partial charge in [-0.15, -0.1) is 11.3 Å². The molecule has 29 heavy (non-hydrogen) atoms. The number of morpholine rings is 1. The number of carbonyl (C=O) groups is 2. The number of hydrogen-bond acceptors (Lipinski definition) is 9. The van der Waals surface area contributed by atoms with Gasteiger partial charge in [0.1, 0.15) is 11.5 Å². The molecule has 1 fully saturated rings. The second-order valence-corrected chi connectivity index (χ2v) is 7.52. The van der Waals surface area contributed by atoms with E-state index in [0.29, 0.717) is 36.1 Å². The van der Waals surface area contributed by atoms with Crippen LogP contribution in [0.15, 0.2) is 21.0 Å². The first-order chi connectivity index (χ1) is 13.9. The van der Waals surface area contributed by atoms with Gasteiger partial charge in [0.2, 0.25) is 5.91 Å². The molecule has 1 amide bonds. The summed E-state index contributed by atoms with van der Waals surface area (Å²) in [6.45, 7) is 6.49. The fourth-order valence-electron chi connectivity index (χ4n) is 2.94. The van der Waals surface area contributed by atoms with Crippen LogP contribution >= 0.6 is 11.3 Å². The smallest absolute Gasteiger partial charge is 0.246 e. The number of carboxylic acid groups (broad SMARTS) is 1. The van der Waals surface area contributed by atoms with Crippen LogP contribution in [0.5, 0.6) is 0 Å². The summed E-state index contributed by atoms with van der Waals surface area (Å²) in [6.07, 6.45) is 0.274. The van der Waals surface area contributed by atoms with Crippen LogP contribution < -0.4 is 15.4 Å². The van der Waals surface area contributed by atoms with Crippen LogP contribution in [-0.4, -0.2) is 48.9 Å². The average Bonchev–Trinajstić information content (AvgIpc) is 3.32. The molecule has 0 aromatic carbocycles. The number of rotatable bonds is 8. The van der Waals surface area contributed by atoms with E-state index in [-0.39, 0.29) is 25.2 Å². The van der Waals surface area contributed by atoms with Crippen molar-refractivity contribution in [3.8, 4) is 0 Å². The zero-order valence-corrected chi connectivity index (χ0v) is 17.2. The standard InChI is InChI=1S/C19H24N4O5S/c1-12(16-10-15(28-13(16)2)3-4-18(25)26)21-22-17(24)9-14-11-29-19(20-14)23-5-7-27-8-6-23/h10-11H,3-9H2,1-2H3,(H,22,24)(H,25,26)/p-1/b21-12-. The highest BCUT2D eigenvalue weighted by molar-refractivity contribution is 7.13. The Kier molecular flexibility index (Phi) is 6.99. The van der Waals surface area contributed by atoms with Crippen LogP contribution in [0, 0.1) is 6.92 Å². The molecule has 10 heteroatoms. The molecule has 1 aliphatic heterocycles. The number of furan rings is 1. The van der Waals surface area contributed by atoms with Crippen molar-refractivity contribution < 1.29 is 23.8 Å². The third-order valence-electron chi connectivity index (χ3n) is 4.45. The maximum absolute atomic E-state index is 12.2. The van der Waals surface area contributed by atoms with Crippen molar-refractivity contribution in [3.63, 3.8) is 0 Å². The van der Waals surface area contributed by atoms with Gasteiger partial charge in [0.05, 0.1) is 31.0 Å². The van der Waals surface area contributed by atoms with Crippen molar-refractivity contribution >= 4 is 34.1 Å². The van der Waals surface area contributed by atoms with Gasteiger partial charge in [0.15, 0.2) is 5.13 Å². The number of thiazole rings is 1. The third kappa shape index (κ3) is 5.88. The summed E-state index contributed by atoms with van der Waals surface area (Å²) in [5.74, 6) is -0.234. The number of aryl methyl sites for hydroxylation is 2. The number of aliphatic carboxylic acids is 1. The molecule has 9 nitrogen and oxygen atoms in total. The van der Waals surface area contributed by atoms with E-state index >= 15 is 0 Å². The first-order valence-electron chi connectivity index (χ1n) is 9.32. The van der Waals surface area contributed by atoms with Gasteiger partial charge >= 0.3 is 0 Å². The molecule has 3 rings (SSSR count). The molecular formula is C19H23N4O5S-. The molecule has 0 saturated carbocycles. The van der Waals surface area contributed by atoms with Gasteiger partial charge in [-0.3, -0.25) is 4.79 Å². The number of carboxylic acids is 1. The van der Waals surface area contributed by atoms with E-state index in [1.807, 2.05) is 5.38 Å². The van der Waals surface area contributed by atoms with Gasteiger partial charge in [-0.25, -0.2) is 10.4 Å². The number of amides is 1. The Bertz CT molecular complexity index is 898. The first-order valence-corrected chi connectivity index (χ1v) is 10.2. The van der Waals surface area contributed by atoms with E-state index < -0.39 is 5.97 Å². The van der Waals surface area contributed by atoms with Crippen molar-refractivity contribution in [2.45, 2.75) is 33.1 Å². The Balaban J connectivity index is 1.55. The van der Waals surface area contributed by atoms with Crippen molar-refractivity contribution in [2.24, 2.45) is 5.10 Å². The largest absolute Gasteiger partial charge is 0.550 e. The van der Waals surface area contributed by atoms with Crippen molar-refractivity contribution in [2.75, 3.05) is 31.2 Å². The van der Waals surface area contributed by atoms with Crippen molar-refractivity contribution in [1.29, 1.82) is 0 Å². The quantitative estimate of drug-likeness (QED) is 0.493. The lowest BCUT2D eigenvalue weighted by Gasteiger charge is -2.26. The average molecular weight is 419 g/mol. The molecule has 2 aromatic heterocycles. The van der Waals surface area contributed by atoms with E-state index in [1.54, 1.807) is 19.9 Å². The van der Waals surface area contributed by atoms with Gasteiger partial charge in [-0.2, -0.15) is 5.10 Å². The molecule has 0 bridgehead atoms. The number of nitrogens with one attached hydrogen (secondary N) is 1. The number of anilines is 1. The topological polar surface area (TPSA) is 120 Å². The molecule has 3 heterocycles. The molecule has 0 unspecified atom stereocenters. The van der Waals surface area contributed by atoms with E-state index in [2.05, 4.69) is 20.4 Å². The Morgan fingerprint density at radius 2 is 2.14 bits per heavy atom. The highest BCUT2D eigenvalue weighted by Gasteiger charge is 2.16. The van der Waals surface area contributed by atoms with Crippen LogP contribution in [0.4, 0.5) is 5.13 Å². The predicted octanol–water partition coefficient (Wildman–Crippen LogP) is 0.647. The fourth-order valence-corrected chi connectivity index (χ4v) is 3.82. The number of nitrogens with zero attached hydrogens (tertiary/aromatic N) is 3. The van der Waals surface area contributed by atoms with Gasteiger partial charge in [-0.05, 0) is 26.3 Å². The fraction of sp³-hybridized carbons (Fsp3) is 0.474. The summed E-state index contributed by atoms with van der Waals surface area (Å²) in [5.41, 5.74) is 4.54. The second kappa shape index (κ2) is 9.66. The van der Waals surface area contributed by atoms with Crippen LogP contribution in [-0.2, 0) is 27.2 Å². The van der Waals surface area contributed by atoms with E-state index in [9.17, 15) is 14.7 Å². The molecular weight excluding hydrogens is 396 g/mol. The van der Waals surface area contributed by atoms with E-state index in [4.69, 9.17) is 9.15 Å². The SMILES string of the molecule is C/C(=N/NC(=O)Cc1csc(N2CCOCC2)n1)c1cc(CCC(=O)[O-])oc1C. The molecule has 1 aliphatic rings. The Labute approximate surface area is 172 Å². The molecule has 0 atom stereocenters. The summed E-state index contributed by atoms with van der Waals surface area (Å²) < 4.78 is 10.9. The number of aromatic nitrogens is 1. The van der Waals surface area contributed by atoms with Gasteiger partial charge < -0.3 is 24.0 Å². The number of hydrogen-bond donors (Lipinski definition) is 1. The molecule has 2 aromatic rings. The van der Waals surface area contributed by atoms with Crippen LogP contribution in [0.2, 0.25) is 0 Å². The van der Waals surface area contributed by atoms with Gasteiger partial charge in [-0.1, -0.05) is 0 Å². The Morgan fingerprint density at radius 1 is 1.38 bits per heavy atom. The molecule has 1 N–H and O–H groups in total. The molecule has 1 saturated heterocycles. The lowest BCUT2D eigenvalue weighted by atomic mass is 10.1. The first kappa shape index (κ1) is 21.0. The van der Waals surface area contributed by atoms with E-state index in [1.165, 1.54) is 11.3 Å². The Morgan fingerprint density at radius 3 is 2.86 bits per heavy atom. The lowest BCUT2D eigenvalue weighted by molar-refractivity contribution is -0.305. The molecule has 0 aliphatic carbocycles. The minimum absolute atomic E-state index is 0.112. The lowest BCUT2D eigenvalue weighted by Crippen LogP contribution is -2.36. The van der Waals surface area contributed by atoms with Crippen LogP contribution in [0.25, 0.3) is 0 Å². The Hall–Kier alpha value is -2.72. The summed E-state index contributed by atoms with van der Waals surface area (Å²) >= 11 is 1.52. The van der Waals surface area contributed by atoms with Gasteiger partial charge in [0.25, 0.3) is 0 Å². The minimum atomic E-state index is -1.13. The number of carbonyl (C=O) groups excluding carboxylic acids is 2. The molecule has 156 valence electrons. The number of hydrazone groups is 1. The van der Waals surface area contributed by atoms with Crippen LogP contribution in [0.1, 0.15) is 36.1 Å². The van der Waals surface area contributed by atoms with Crippen molar-refractivity contribution in [1.82, 2.24) is 10.4 Å². The normalized spacial score (nSPS) is 14.8. The van der Waals surface area contributed by atoms with Crippen LogP contribution in [0.3, 0.4) is 0 Å². The zero-order valence-electron chi connectivity index (χ0n) is 16.4. The molecule has 0 spiro atoms. The minimum Gasteiger partial charge on any atom is -0.550 e. The zero-order chi connectivity index (χ0) is 20.8. The summed E-state index contributed by atoms with van der Waals surface area (Å²) in [5, 5.41) is 17.5. The molecule has 0 radical (unpaired) electrons. The number of ether oxygens (including phenoxy) is 1. The van der Waals surface area contributed by atoms with Crippen molar-refractivity contribution in [3.05, 3.63) is 34.2 Å².